The van der Waals surface area contributed by atoms with Gasteiger partial charge in [-0.3, -0.25) is 4.79 Å². The number of aliphatic carboxylic acids is 1. The smallest absolute Gasteiger partial charge is 0.320 e. The van der Waals surface area contributed by atoms with Crippen LogP contribution in [-0.4, -0.2) is 65.3 Å². The van der Waals surface area contributed by atoms with Gasteiger partial charge in [0, 0.05) is 26.2 Å². The lowest BCUT2D eigenvalue weighted by molar-refractivity contribution is -0.143. The summed E-state index contributed by atoms with van der Waals surface area (Å²) in [5.41, 5.74) is 0. The largest absolute Gasteiger partial charge is 0.481 e. The number of carbonyl (C=O) groups excluding carboxylic acids is 1. The van der Waals surface area contributed by atoms with Gasteiger partial charge in [-0.25, -0.2) is 4.79 Å². The van der Waals surface area contributed by atoms with Gasteiger partial charge in [-0.1, -0.05) is 0 Å². The maximum absolute atomic E-state index is 12.4. The van der Waals surface area contributed by atoms with Crippen molar-refractivity contribution in [2.45, 2.75) is 38.9 Å². The van der Waals surface area contributed by atoms with Crippen molar-refractivity contribution in [2.75, 3.05) is 26.2 Å². The Morgan fingerprint density at radius 1 is 1.11 bits per heavy atom. The highest BCUT2D eigenvalue weighted by Gasteiger charge is 2.33. The number of likely N-dealkylation sites (tertiary alicyclic amines) is 1. The number of nitrogens with zero attached hydrogens (tertiary/aromatic N) is 2. The molecule has 2 rings (SSSR count). The molecule has 0 radical (unpaired) electrons. The van der Waals surface area contributed by atoms with E-state index in [2.05, 4.69) is 0 Å². The first-order valence-corrected chi connectivity index (χ1v) is 6.89. The highest BCUT2D eigenvalue weighted by atomic mass is 16.5. The third-order valence-corrected chi connectivity index (χ3v) is 3.73. The zero-order chi connectivity index (χ0) is 14.0. The Morgan fingerprint density at radius 2 is 1.74 bits per heavy atom. The van der Waals surface area contributed by atoms with Crippen LogP contribution in [0, 0.1) is 5.92 Å². The number of amides is 2. The number of morpholine rings is 1. The summed E-state index contributed by atoms with van der Waals surface area (Å²) in [7, 11) is 0. The number of ether oxygens (including phenoxy) is 1. The molecule has 2 aliphatic rings. The second-order valence-corrected chi connectivity index (χ2v) is 5.57. The predicted octanol–water partition coefficient (Wildman–Crippen LogP) is 1.01. The lowest BCUT2D eigenvalue weighted by Crippen LogP contribution is -2.55. The molecule has 2 saturated heterocycles. The van der Waals surface area contributed by atoms with Crippen molar-refractivity contribution < 1.29 is 19.4 Å². The molecule has 0 aromatic carbocycles. The van der Waals surface area contributed by atoms with Gasteiger partial charge in [-0.2, -0.15) is 0 Å². The standard InChI is InChI=1S/C13H22N2O4/c1-9-6-15(7-10(2)19-9)13(18)14-5-3-4-11(8-14)12(16)17/h9-11H,3-8H2,1-2H3,(H,16,17). The van der Waals surface area contributed by atoms with Crippen molar-refractivity contribution in [1.29, 1.82) is 0 Å². The number of carboxylic acids is 1. The van der Waals surface area contributed by atoms with Crippen molar-refractivity contribution in [1.82, 2.24) is 9.80 Å². The summed E-state index contributed by atoms with van der Waals surface area (Å²) in [5, 5.41) is 9.06. The molecule has 0 bridgehead atoms. The monoisotopic (exact) mass is 270 g/mol. The van der Waals surface area contributed by atoms with Crippen LogP contribution in [0.15, 0.2) is 0 Å². The van der Waals surface area contributed by atoms with E-state index in [1.54, 1.807) is 9.80 Å². The first-order chi connectivity index (χ1) is 8.97. The van der Waals surface area contributed by atoms with Gasteiger partial charge >= 0.3 is 12.0 Å². The third kappa shape index (κ3) is 3.37. The molecular weight excluding hydrogens is 248 g/mol. The van der Waals surface area contributed by atoms with Crippen LogP contribution in [0.3, 0.4) is 0 Å². The van der Waals surface area contributed by atoms with Gasteiger partial charge in [-0.15, -0.1) is 0 Å². The molecule has 0 aliphatic carbocycles. The summed E-state index contributed by atoms with van der Waals surface area (Å²) >= 11 is 0. The zero-order valence-corrected chi connectivity index (χ0v) is 11.5. The molecule has 3 atom stereocenters. The van der Waals surface area contributed by atoms with E-state index < -0.39 is 11.9 Å². The second kappa shape index (κ2) is 5.77. The molecule has 0 spiro atoms. The number of urea groups is 1. The van der Waals surface area contributed by atoms with Crippen molar-refractivity contribution in [3.63, 3.8) is 0 Å². The van der Waals surface area contributed by atoms with Gasteiger partial charge in [-0.05, 0) is 26.7 Å². The van der Waals surface area contributed by atoms with Gasteiger partial charge in [0.25, 0.3) is 0 Å². The van der Waals surface area contributed by atoms with Gasteiger partial charge < -0.3 is 19.6 Å². The molecule has 6 heteroatoms. The molecule has 0 aromatic heterocycles. The minimum absolute atomic E-state index is 0.0350. The average Bonchev–Trinajstić information content (AvgIpc) is 2.37. The van der Waals surface area contributed by atoms with E-state index in [4.69, 9.17) is 9.84 Å². The number of hydrogen-bond donors (Lipinski definition) is 1. The van der Waals surface area contributed by atoms with Crippen molar-refractivity contribution in [2.24, 2.45) is 5.92 Å². The average molecular weight is 270 g/mol. The van der Waals surface area contributed by atoms with Crippen molar-refractivity contribution in [3.8, 4) is 0 Å². The molecule has 1 N–H and O–H groups in total. The molecule has 19 heavy (non-hydrogen) atoms. The topological polar surface area (TPSA) is 70.1 Å². The SMILES string of the molecule is CC1CN(C(=O)N2CCCC(C(=O)O)C2)CC(C)O1. The highest BCUT2D eigenvalue weighted by molar-refractivity contribution is 5.76. The molecule has 108 valence electrons. The van der Waals surface area contributed by atoms with E-state index in [0.29, 0.717) is 32.6 Å². The van der Waals surface area contributed by atoms with E-state index in [0.717, 1.165) is 6.42 Å². The lowest BCUT2D eigenvalue weighted by Gasteiger charge is -2.40. The Bertz CT molecular complexity index is 351. The van der Waals surface area contributed by atoms with E-state index in [1.807, 2.05) is 13.8 Å². The van der Waals surface area contributed by atoms with Crippen LogP contribution in [0.2, 0.25) is 0 Å². The number of hydrogen-bond acceptors (Lipinski definition) is 3. The van der Waals surface area contributed by atoms with Crippen LogP contribution in [0.1, 0.15) is 26.7 Å². The minimum atomic E-state index is -0.804. The van der Waals surface area contributed by atoms with Gasteiger partial charge in [0.15, 0.2) is 0 Å². The van der Waals surface area contributed by atoms with E-state index in [9.17, 15) is 9.59 Å². The van der Waals surface area contributed by atoms with Crippen LogP contribution in [0.25, 0.3) is 0 Å². The zero-order valence-electron chi connectivity index (χ0n) is 11.5. The van der Waals surface area contributed by atoms with Gasteiger partial charge in [0.1, 0.15) is 0 Å². The molecule has 0 aromatic rings. The Balaban J connectivity index is 1.96. The summed E-state index contributed by atoms with van der Waals surface area (Å²) in [6.45, 7) is 6.05. The van der Waals surface area contributed by atoms with Crippen LogP contribution < -0.4 is 0 Å². The van der Waals surface area contributed by atoms with Crippen LogP contribution >= 0.6 is 0 Å². The normalized spacial score (nSPS) is 32.2. The molecular formula is C13H22N2O4. The van der Waals surface area contributed by atoms with Crippen molar-refractivity contribution >= 4 is 12.0 Å². The lowest BCUT2D eigenvalue weighted by atomic mass is 9.98. The summed E-state index contributed by atoms with van der Waals surface area (Å²) < 4.78 is 5.61. The minimum Gasteiger partial charge on any atom is -0.481 e. The predicted molar refractivity (Wildman–Crippen MR) is 68.9 cm³/mol. The fourth-order valence-electron chi connectivity index (χ4n) is 2.89. The molecule has 2 heterocycles. The Morgan fingerprint density at radius 3 is 2.32 bits per heavy atom. The molecule has 2 aliphatic heterocycles. The molecule has 3 unspecified atom stereocenters. The molecule has 2 fully saturated rings. The third-order valence-electron chi connectivity index (χ3n) is 3.73. The summed E-state index contributed by atoms with van der Waals surface area (Å²) in [6.07, 6.45) is 1.49. The number of rotatable bonds is 1. The number of carboxylic acid groups (broad SMARTS) is 1. The molecule has 2 amide bonds. The Hall–Kier alpha value is -1.30. The number of piperidine rings is 1. The summed E-state index contributed by atoms with van der Waals surface area (Å²) in [4.78, 5) is 26.9. The fraction of sp³-hybridized carbons (Fsp3) is 0.846. The van der Waals surface area contributed by atoms with E-state index in [1.165, 1.54) is 0 Å². The molecule has 0 saturated carbocycles. The first kappa shape index (κ1) is 14.1. The van der Waals surface area contributed by atoms with Crippen LogP contribution in [0.5, 0.6) is 0 Å². The first-order valence-electron chi connectivity index (χ1n) is 6.89. The van der Waals surface area contributed by atoms with Crippen LogP contribution in [-0.2, 0) is 9.53 Å². The Kier molecular flexibility index (Phi) is 4.29. The van der Waals surface area contributed by atoms with Crippen molar-refractivity contribution in [3.05, 3.63) is 0 Å². The molecule has 6 nitrogen and oxygen atoms in total. The maximum Gasteiger partial charge on any atom is 0.320 e. The quantitative estimate of drug-likeness (QED) is 0.772. The Labute approximate surface area is 113 Å². The van der Waals surface area contributed by atoms with Crippen LogP contribution in [0.4, 0.5) is 4.79 Å². The maximum atomic E-state index is 12.4. The van der Waals surface area contributed by atoms with E-state index in [-0.39, 0.29) is 18.2 Å². The second-order valence-electron chi connectivity index (χ2n) is 5.57. The number of carbonyl (C=O) groups is 2. The van der Waals surface area contributed by atoms with Gasteiger partial charge in [0.05, 0.1) is 18.1 Å². The summed E-state index contributed by atoms with van der Waals surface area (Å²) in [6, 6.07) is -0.0482. The van der Waals surface area contributed by atoms with Gasteiger partial charge in [0.2, 0.25) is 0 Å². The highest BCUT2D eigenvalue weighted by Crippen LogP contribution is 2.20. The fourth-order valence-corrected chi connectivity index (χ4v) is 2.89. The van der Waals surface area contributed by atoms with E-state index >= 15 is 0 Å². The summed E-state index contributed by atoms with van der Waals surface area (Å²) in [5.74, 6) is -1.23.